The first-order chi connectivity index (χ1) is 15.6. The number of amides is 1. The molecule has 2 aromatic rings. The largest absolute Gasteiger partial charge is 0.441 e. The highest BCUT2D eigenvalue weighted by Gasteiger charge is 2.24. The lowest BCUT2D eigenvalue weighted by Crippen LogP contribution is -2.51. The Bertz CT molecular complexity index is 912. The topological polar surface area (TPSA) is 91.8 Å². The molecular formula is C24H34N4O4. The van der Waals surface area contributed by atoms with Crippen LogP contribution in [0.4, 0.5) is 0 Å². The molecule has 1 aliphatic heterocycles. The Labute approximate surface area is 188 Å². The van der Waals surface area contributed by atoms with Gasteiger partial charge in [-0.05, 0) is 12.3 Å². The Balaban J connectivity index is 1.23. The molecule has 2 heterocycles. The van der Waals surface area contributed by atoms with Gasteiger partial charge in [0.2, 0.25) is 5.91 Å². The summed E-state index contributed by atoms with van der Waals surface area (Å²) in [5, 5.41) is 14.5. The fraction of sp³-hybridized carbons (Fsp3) is 0.625. The zero-order valence-corrected chi connectivity index (χ0v) is 18.7. The van der Waals surface area contributed by atoms with Crippen LogP contribution >= 0.6 is 0 Å². The van der Waals surface area contributed by atoms with E-state index in [1.165, 1.54) is 36.7 Å². The maximum atomic E-state index is 12.6. The minimum Gasteiger partial charge on any atom is -0.390 e. The van der Waals surface area contributed by atoms with Crippen molar-refractivity contribution in [1.29, 1.82) is 0 Å². The van der Waals surface area contributed by atoms with Gasteiger partial charge in [-0.2, -0.15) is 0 Å². The molecule has 2 aliphatic rings. The molecule has 2 fully saturated rings. The molecule has 4 rings (SSSR count). The summed E-state index contributed by atoms with van der Waals surface area (Å²) in [6.07, 6.45) is 7.48. The van der Waals surface area contributed by atoms with Gasteiger partial charge in [-0.3, -0.25) is 18.8 Å². The first kappa shape index (κ1) is 22.7. The minimum absolute atomic E-state index is 0.118. The van der Waals surface area contributed by atoms with Gasteiger partial charge in [-0.15, -0.1) is 0 Å². The lowest BCUT2D eigenvalue weighted by molar-refractivity contribution is -0.133. The minimum atomic E-state index is -0.733. The molecule has 1 aliphatic carbocycles. The van der Waals surface area contributed by atoms with E-state index in [2.05, 4.69) is 10.1 Å². The number of β-amino-alcohol motifs (C(OH)–C–C–N with tert-alkyl or cyclic N) is 1. The third kappa shape index (κ3) is 5.86. The van der Waals surface area contributed by atoms with Crippen LogP contribution < -0.4 is 5.76 Å². The van der Waals surface area contributed by atoms with Crippen LogP contribution in [0.5, 0.6) is 0 Å². The predicted octanol–water partition coefficient (Wildman–Crippen LogP) is 2.37. The summed E-state index contributed by atoms with van der Waals surface area (Å²) in [5.41, 5.74) is 0.769. The maximum absolute atomic E-state index is 12.6. The Morgan fingerprint density at radius 3 is 2.50 bits per heavy atom. The second-order valence-corrected chi connectivity index (χ2v) is 9.13. The zero-order valence-electron chi connectivity index (χ0n) is 18.7. The molecule has 1 saturated carbocycles. The molecule has 1 amide bonds. The fourth-order valence-electron chi connectivity index (χ4n) is 4.93. The number of hydrogen-bond donors (Lipinski definition) is 1. The van der Waals surface area contributed by atoms with Crippen molar-refractivity contribution >= 4 is 5.91 Å². The quantitative estimate of drug-likeness (QED) is 0.675. The Morgan fingerprint density at radius 1 is 1.06 bits per heavy atom. The number of piperazine rings is 1. The number of benzene rings is 1. The van der Waals surface area contributed by atoms with Crippen LogP contribution in [-0.4, -0.2) is 69.4 Å². The average Bonchev–Trinajstić information content (AvgIpc) is 3.19. The number of hydrogen-bond acceptors (Lipinski definition) is 6. The van der Waals surface area contributed by atoms with Gasteiger partial charge in [0.15, 0.2) is 5.82 Å². The zero-order chi connectivity index (χ0) is 22.3. The summed E-state index contributed by atoms with van der Waals surface area (Å²) in [4.78, 5) is 28.8. The summed E-state index contributed by atoms with van der Waals surface area (Å²) in [5.74, 6) is 0.837. The molecule has 0 radical (unpaired) electrons. The molecule has 0 bridgehead atoms. The van der Waals surface area contributed by atoms with Crippen LogP contribution in [0.1, 0.15) is 44.9 Å². The number of carbonyl (C=O) groups is 1. The van der Waals surface area contributed by atoms with Gasteiger partial charge in [-0.1, -0.05) is 67.6 Å². The van der Waals surface area contributed by atoms with Crippen molar-refractivity contribution in [3.05, 3.63) is 40.9 Å². The van der Waals surface area contributed by atoms with E-state index in [0.29, 0.717) is 31.9 Å². The molecule has 1 saturated heterocycles. The third-order valence-corrected chi connectivity index (χ3v) is 6.80. The Kier molecular flexibility index (Phi) is 7.76. The highest BCUT2D eigenvalue weighted by molar-refractivity contribution is 5.76. The standard InChI is InChI=1S/C24H34N4O4/c29-21(18-28-23(25-32-24(28)31)20-9-5-2-6-10-20)17-26-13-15-27(16-14-26)22(30)12-11-19-7-3-1-4-8-19/h2,5-6,9-10,19,21,29H,1,3-4,7-8,11-18H2. The monoisotopic (exact) mass is 442 g/mol. The normalized spacial score (nSPS) is 19.2. The first-order valence-corrected chi connectivity index (χ1v) is 11.9. The Morgan fingerprint density at radius 2 is 1.78 bits per heavy atom. The molecular weight excluding hydrogens is 408 g/mol. The van der Waals surface area contributed by atoms with E-state index in [0.717, 1.165) is 31.0 Å². The van der Waals surface area contributed by atoms with Crippen molar-refractivity contribution in [2.24, 2.45) is 5.92 Å². The van der Waals surface area contributed by atoms with Crippen molar-refractivity contribution in [3.63, 3.8) is 0 Å². The van der Waals surface area contributed by atoms with Crippen molar-refractivity contribution in [1.82, 2.24) is 19.5 Å². The summed E-state index contributed by atoms with van der Waals surface area (Å²) in [7, 11) is 0. The smallest absolute Gasteiger partial charge is 0.390 e. The highest BCUT2D eigenvalue weighted by Crippen LogP contribution is 2.27. The summed E-state index contributed by atoms with van der Waals surface area (Å²) < 4.78 is 6.22. The van der Waals surface area contributed by atoms with Gasteiger partial charge >= 0.3 is 5.76 Å². The van der Waals surface area contributed by atoms with E-state index in [1.54, 1.807) is 0 Å². The summed E-state index contributed by atoms with van der Waals surface area (Å²) in [6.45, 7) is 3.41. The molecule has 1 aromatic carbocycles. The number of nitrogens with zero attached hydrogens (tertiary/aromatic N) is 4. The van der Waals surface area contributed by atoms with Crippen molar-refractivity contribution in [2.45, 2.75) is 57.6 Å². The SMILES string of the molecule is O=C(CCC1CCCCC1)N1CCN(CC(O)Cn2c(-c3ccccc3)noc2=O)CC1. The molecule has 174 valence electrons. The van der Waals surface area contributed by atoms with Gasteiger partial charge in [0.05, 0.1) is 12.6 Å². The van der Waals surface area contributed by atoms with Crippen LogP contribution in [0.2, 0.25) is 0 Å². The first-order valence-electron chi connectivity index (χ1n) is 11.9. The van der Waals surface area contributed by atoms with Crippen LogP contribution in [-0.2, 0) is 11.3 Å². The van der Waals surface area contributed by atoms with Crippen molar-refractivity contribution < 1.29 is 14.4 Å². The number of aliphatic hydroxyl groups is 1. The highest BCUT2D eigenvalue weighted by atomic mass is 16.5. The fourth-order valence-corrected chi connectivity index (χ4v) is 4.93. The van der Waals surface area contributed by atoms with Crippen LogP contribution in [0, 0.1) is 5.92 Å². The van der Waals surface area contributed by atoms with Gasteiger partial charge in [0.1, 0.15) is 0 Å². The van der Waals surface area contributed by atoms with Crippen LogP contribution in [0.15, 0.2) is 39.6 Å². The number of aromatic nitrogens is 2. The van der Waals surface area contributed by atoms with E-state index < -0.39 is 11.9 Å². The second-order valence-electron chi connectivity index (χ2n) is 9.13. The number of aliphatic hydroxyl groups excluding tert-OH is 1. The van der Waals surface area contributed by atoms with Crippen LogP contribution in [0.25, 0.3) is 11.4 Å². The number of rotatable bonds is 8. The van der Waals surface area contributed by atoms with Gasteiger partial charge < -0.3 is 10.0 Å². The molecule has 32 heavy (non-hydrogen) atoms. The van der Waals surface area contributed by atoms with E-state index in [4.69, 9.17) is 4.52 Å². The van der Waals surface area contributed by atoms with Gasteiger partial charge in [0.25, 0.3) is 0 Å². The average molecular weight is 443 g/mol. The molecule has 8 nitrogen and oxygen atoms in total. The molecule has 1 N–H and O–H groups in total. The van der Waals surface area contributed by atoms with Gasteiger partial charge in [-0.25, -0.2) is 4.79 Å². The summed E-state index contributed by atoms with van der Waals surface area (Å²) in [6, 6.07) is 9.33. The lowest BCUT2D eigenvalue weighted by atomic mass is 9.86. The van der Waals surface area contributed by atoms with Crippen molar-refractivity contribution in [3.8, 4) is 11.4 Å². The van der Waals surface area contributed by atoms with Crippen LogP contribution in [0.3, 0.4) is 0 Å². The molecule has 1 atom stereocenters. The Hall–Kier alpha value is -2.45. The van der Waals surface area contributed by atoms with E-state index >= 15 is 0 Å². The lowest BCUT2D eigenvalue weighted by Gasteiger charge is -2.36. The van der Waals surface area contributed by atoms with E-state index in [-0.39, 0.29) is 12.5 Å². The molecule has 1 aromatic heterocycles. The van der Waals surface area contributed by atoms with E-state index in [1.807, 2.05) is 35.2 Å². The molecule has 8 heteroatoms. The predicted molar refractivity (Wildman–Crippen MR) is 121 cm³/mol. The third-order valence-electron chi connectivity index (χ3n) is 6.80. The van der Waals surface area contributed by atoms with E-state index in [9.17, 15) is 14.7 Å². The van der Waals surface area contributed by atoms with Crippen molar-refractivity contribution in [2.75, 3.05) is 32.7 Å². The second kappa shape index (κ2) is 10.9. The number of carbonyl (C=O) groups excluding carboxylic acids is 1. The van der Waals surface area contributed by atoms with Gasteiger partial charge in [0, 0.05) is 44.7 Å². The summed E-state index contributed by atoms with van der Waals surface area (Å²) >= 11 is 0. The molecule has 0 spiro atoms. The maximum Gasteiger partial charge on any atom is 0.441 e. The molecule has 1 unspecified atom stereocenters.